The molecule has 10 heteroatoms. The standard InChI is InChI=1S/C29H29ClFNO7/c1-5-38-26(33)15-25-29(34)32(16-17-9-11-19(35-2)14-24(17)36-3)23-12-10-18(30)13-21(23)27(39-25)20-7-6-8-22(31)28(20)37-4/h6-14,25,27H,5,15-16H2,1-4H3/t25-,27-/m0/s1. The third-order valence-corrected chi connectivity index (χ3v) is 6.60. The van der Waals surface area contributed by atoms with Gasteiger partial charge in [-0.1, -0.05) is 23.7 Å². The van der Waals surface area contributed by atoms with Gasteiger partial charge in [0, 0.05) is 27.8 Å². The maximum absolute atomic E-state index is 14.8. The molecule has 3 aromatic carbocycles. The smallest absolute Gasteiger partial charge is 0.308 e. The van der Waals surface area contributed by atoms with Crippen LogP contribution in [0, 0.1) is 5.82 Å². The number of carbonyl (C=O) groups excluding carboxylic acids is 2. The van der Waals surface area contributed by atoms with E-state index in [1.165, 1.54) is 31.3 Å². The summed E-state index contributed by atoms with van der Waals surface area (Å²) in [6.45, 7) is 1.90. The summed E-state index contributed by atoms with van der Waals surface area (Å²) in [7, 11) is 4.42. The highest BCUT2D eigenvalue weighted by molar-refractivity contribution is 6.30. The molecule has 0 saturated carbocycles. The fraction of sp³-hybridized carbons (Fsp3) is 0.310. The molecule has 0 fully saturated rings. The summed E-state index contributed by atoms with van der Waals surface area (Å²) in [6, 6.07) is 14.7. The van der Waals surface area contributed by atoms with Crippen molar-refractivity contribution in [3.63, 3.8) is 0 Å². The number of rotatable bonds is 9. The highest BCUT2D eigenvalue weighted by Gasteiger charge is 2.39. The lowest BCUT2D eigenvalue weighted by Gasteiger charge is -2.26. The molecule has 0 radical (unpaired) electrons. The number of amides is 1. The zero-order valence-electron chi connectivity index (χ0n) is 22.0. The molecule has 0 aliphatic carbocycles. The first-order valence-corrected chi connectivity index (χ1v) is 12.6. The predicted molar refractivity (Wildman–Crippen MR) is 143 cm³/mol. The first-order valence-electron chi connectivity index (χ1n) is 12.3. The van der Waals surface area contributed by atoms with Crippen molar-refractivity contribution in [3.05, 3.63) is 82.1 Å². The van der Waals surface area contributed by atoms with Crippen molar-refractivity contribution in [3.8, 4) is 17.2 Å². The van der Waals surface area contributed by atoms with E-state index in [9.17, 15) is 14.0 Å². The second-order valence-corrected chi connectivity index (χ2v) is 9.12. The van der Waals surface area contributed by atoms with Crippen molar-refractivity contribution in [1.82, 2.24) is 0 Å². The fourth-order valence-corrected chi connectivity index (χ4v) is 4.76. The Kier molecular flexibility index (Phi) is 8.93. The molecular weight excluding hydrogens is 529 g/mol. The number of para-hydroxylation sites is 1. The summed E-state index contributed by atoms with van der Waals surface area (Å²) < 4.78 is 42.4. The molecule has 4 rings (SSSR count). The molecule has 1 heterocycles. The van der Waals surface area contributed by atoms with Crippen LogP contribution in [0.25, 0.3) is 0 Å². The summed E-state index contributed by atoms with van der Waals surface area (Å²) in [5.41, 5.74) is 2.00. The molecule has 0 spiro atoms. The van der Waals surface area contributed by atoms with Gasteiger partial charge in [0.05, 0.1) is 46.6 Å². The van der Waals surface area contributed by atoms with Crippen LogP contribution in [0.15, 0.2) is 54.6 Å². The third kappa shape index (κ3) is 5.94. The number of carbonyl (C=O) groups is 2. The van der Waals surface area contributed by atoms with Crippen LogP contribution < -0.4 is 19.1 Å². The molecule has 0 bridgehead atoms. The molecule has 0 saturated heterocycles. The van der Waals surface area contributed by atoms with Gasteiger partial charge in [-0.05, 0) is 43.3 Å². The number of anilines is 1. The van der Waals surface area contributed by atoms with E-state index in [2.05, 4.69) is 0 Å². The van der Waals surface area contributed by atoms with Crippen LogP contribution in [0.1, 0.15) is 36.1 Å². The van der Waals surface area contributed by atoms with Crippen molar-refractivity contribution in [2.24, 2.45) is 0 Å². The van der Waals surface area contributed by atoms with E-state index < -0.39 is 29.9 Å². The number of fused-ring (bicyclic) bond motifs is 1. The molecule has 1 amide bonds. The van der Waals surface area contributed by atoms with Crippen molar-refractivity contribution in [2.45, 2.75) is 32.1 Å². The number of benzene rings is 3. The lowest BCUT2D eigenvalue weighted by atomic mass is 9.98. The summed E-state index contributed by atoms with van der Waals surface area (Å²) in [5, 5.41) is 0.385. The van der Waals surface area contributed by atoms with Crippen LogP contribution in [0.2, 0.25) is 5.02 Å². The van der Waals surface area contributed by atoms with Gasteiger partial charge in [-0.15, -0.1) is 0 Å². The first kappa shape index (κ1) is 28.2. The fourth-order valence-electron chi connectivity index (χ4n) is 4.58. The molecule has 8 nitrogen and oxygen atoms in total. The molecule has 2 atom stereocenters. The van der Waals surface area contributed by atoms with Gasteiger partial charge in [0.1, 0.15) is 23.7 Å². The van der Waals surface area contributed by atoms with Crippen molar-refractivity contribution >= 4 is 29.2 Å². The maximum Gasteiger partial charge on any atom is 0.308 e. The van der Waals surface area contributed by atoms with Gasteiger partial charge < -0.3 is 28.6 Å². The Balaban J connectivity index is 1.89. The highest BCUT2D eigenvalue weighted by atomic mass is 35.5. The van der Waals surface area contributed by atoms with E-state index in [4.69, 9.17) is 35.3 Å². The van der Waals surface area contributed by atoms with Crippen LogP contribution in [0.5, 0.6) is 17.2 Å². The molecule has 1 aliphatic heterocycles. The Morgan fingerprint density at radius 2 is 1.82 bits per heavy atom. The van der Waals surface area contributed by atoms with Gasteiger partial charge in [-0.3, -0.25) is 9.59 Å². The van der Waals surface area contributed by atoms with E-state index in [0.717, 1.165) is 0 Å². The van der Waals surface area contributed by atoms with Gasteiger partial charge >= 0.3 is 5.97 Å². The number of esters is 1. The molecule has 206 valence electrons. The summed E-state index contributed by atoms with van der Waals surface area (Å²) in [4.78, 5) is 28.1. The van der Waals surface area contributed by atoms with E-state index in [0.29, 0.717) is 38.9 Å². The summed E-state index contributed by atoms with van der Waals surface area (Å²) in [6.07, 6.45) is -2.59. The number of hydrogen-bond acceptors (Lipinski definition) is 7. The Morgan fingerprint density at radius 3 is 2.51 bits per heavy atom. The average molecular weight is 558 g/mol. The van der Waals surface area contributed by atoms with Crippen LogP contribution >= 0.6 is 11.6 Å². The monoisotopic (exact) mass is 557 g/mol. The lowest BCUT2D eigenvalue weighted by Crippen LogP contribution is -2.40. The quantitative estimate of drug-likeness (QED) is 0.322. The second kappa shape index (κ2) is 12.4. The normalized spacial score (nSPS) is 16.8. The Bertz CT molecular complexity index is 1370. The number of halogens is 2. The molecule has 3 aromatic rings. The van der Waals surface area contributed by atoms with Crippen LogP contribution in [0.3, 0.4) is 0 Å². The van der Waals surface area contributed by atoms with Crippen LogP contribution in [0.4, 0.5) is 10.1 Å². The van der Waals surface area contributed by atoms with E-state index in [1.54, 1.807) is 56.5 Å². The van der Waals surface area contributed by atoms with Crippen molar-refractivity contribution in [1.29, 1.82) is 0 Å². The number of nitrogens with zero attached hydrogens (tertiary/aromatic N) is 1. The lowest BCUT2D eigenvalue weighted by molar-refractivity contribution is -0.151. The first-order chi connectivity index (χ1) is 18.8. The molecule has 0 unspecified atom stereocenters. The van der Waals surface area contributed by atoms with Crippen LogP contribution in [-0.4, -0.2) is 45.9 Å². The Labute approximate surface area is 231 Å². The number of hydrogen-bond donors (Lipinski definition) is 0. The minimum atomic E-state index is -1.25. The SMILES string of the molecule is CCOC(=O)C[C@@H]1O[C@@H](c2cccc(F)c2OC)c2cc(Cl)ccc2N(Cc2ccc(OC)cc2OC)C1=O. The third-order valence-electron chi connectivity index (χ3n) is 6.37. The molecular formula is C29H29ClFNO7. The van der Waals surface area contributed by atoms with Gasteiger partial charge in [0.25, 0.3) is 5.91 Å². The Hall–Kier alpha value is -3.82. The number of ether oxygens (including phenoxy) is 5. The van der Waals surface area contributed by atoms with Gasteiger partial charge in [0.2, 0.25) is 0 Å². The minimum absolute atomic E-state index is 0.0407. The topological polar surface area (TPSA) is 83.5 Å². The largest absolute Gasteiger partial charge is 0.497 e. The van der Waals surface area contributed by atoms with E-state index >= 15 is 0 Å². The van der Waals surface area contributed by atoms with E-state index in [1.807, 2.05) is 0 Å². The molecule has 1 aliphatic rings. The van der Waals surface area contributed by atoms with Gasteiger partial charge in [0.15, 0.2) is 11.6 Å². The van der Waals surface area contributed by atoms with Crippen molar-refractivity contribution in [2.75, 3.05) is 32.8 Å². The minimum Gasteiger partial charge on any atom is -0.497 e. The van der Waals surface area contributed by atoms with Crippen LogP contribution in [-0.2, 0) is 25.6 Å². The zero-order chi connectivity index (χ0) is 28.1. The van der Waals surface area contributed by atoms with E-state index in [-0.39, 0.29) is 25.3 Å². The Morgan fingerprint density at radius 1 is 1.03 bits per heavy atom. The molecule has 0 aromatic heterocycles. The maximum atomic E-state index is 14.8. The molecule has 0 N–H and O–H groups in total. The molecule has 39 heavy (non-hydrogen) atoms. The second-order valence-electron chi connectivity index (χ2n) is 8.68. The predicted octanol–water partition coefficient (Wildman–Crippen LogP) is 5.48. The summed E-state index contributed by atoms with van der Waals surface area (Å²) in [5.74, 6) is -0.630. The average Bonchev–Trinajstić information content (AvgIpc) is 3.03. The van der Waals surface area contributed by atoms with Crippen molar-refractivity contribution < 1.29 is 37.7 Å². The highest BCUT2D eigenvalue weighted by Crippen LogP contribution is 2.44. The van der Waals surface area contributed by atoms with Gasteiger partial charge in [-0.2, -0.15) is 0 Å². The zero-order valence-corrected chi connectivity index (χ0v) is 22.8. The number of methoxy groups -OCH3 is 3. The van der Waals surface area contributed by atoms with Gasteiger partial charge in [-0.25, -0.2) is 4.39 Å². The summed E-state index contributed by atoms with van der Waals surface area (Å²) >= 11 is 6.40.